The number of hydrogen-bond acceptors (Lipinski definition) is 1. The molecular formula is C13H19NO. The molecule has 15 heavy (non-hydrogen) atoms. The van der Waals surface area contributed by atoms with E-state index in [0.717, 1.165) is 6.42 Å². The number of rotatable bonds is 4. The Morgan fingerprint density at radius 2 is 1.87 bits per heavy atom. The molecule has 1 aromatic carbocycles. The van der Waals surface area contributed by atoms with E-state index in [9.17, 15) is 4.79 Å². The molecule has 0 fully saturated rings. The molecule has 1 rings (SSSR count). The van der Waals surface area contributed by atoms with Crippen molar-refractivity contribution < 1.29 is 4.79 Å². The van der Waals surface area contributed by atoms with E-state index in [2.05, 4.69) is 31.2 Å². The van der Waals surface area contributed by atoms with Gasteiger partial charge in [-0.25, -0.2) is 0 Å². The Balaban J connectivity index is 2.54. The SMILES string of the molecule is CCCC(=O)N(C)Cc1ccc(C)cc1. The maximum atomic E-state index is 11.5. The van der Waals surface area contributed by atoms with E-state index in [1.54, 1.807) is 4.90 Å². The van der Waals surface area contributed by atoms with E-state index >= 15 is 0 Å². The van der Waals surface area contributed by atoms with Crippen molar-refractivity contribution in [2.75, 3.05) is 7.05 Å². The van der Waals surface area contributed by atoms with Gasteiger partial charge < -0.3 is 4.90 Å². The smallest absolute Gasteiger partial charge is 0.222 e. The van der Waals surface area contributed by atoms with Crippen LogP contribution in [0.1, 0.15) is 30.9 Å². The summed E-state index contributed by atoms with van der Waals surface area (Å²) in [4.78, 5) is 13.3. The van der Waals surface area contributed by atoms with Crippen molar-refractivity contribution in [1.29, 1.82) is 0 Å². The molecule has 1 amide bonds. The van der Waals surface area contributed by atoms with Crippen molar-refractivity contribution in [2.45, 2.75) is 33.2 Å². The molecule has 0 aliphatic rings. The Morgan fingerprint density at radius 3 is 2.40 bits per heavy atom. The van der Waals surface area contributed by atoms with E-state index in [4.69, 9.17) is 0 Å². The van der Waals surface area contributed by atoms with Gasteiger partial charge in [0.2, 0.25) is 5.91 Å². The van der Waals surface area contributed by atoms with Crippen molar-refractivity contribution in [1.82, 2.24) is 4.90 Å². The highest BCUT2D eigenvalue weighted by Crippen LogP contribution is 2.07. The van der Waals surface area contributed by atoms with Gasteiger partial charge in [-0.15, -0.1) is 0 Å². The Kier molecular flexibility index (Phi) is 4.35. The number of carbonyl (C=O) groups is 1. The van der Waals surface area contributed by atoms with E-state index in [1.807, 2.05) is 14.0 Å². The number of aryl methyl sites for hydroxylation is 1. The fourth-order valence-corrected chi connectivity index (χ4v) is 1.46. The molecule has 0 unspecified atom stereocenters. The zero-order valence-electron chi connectivity index (χ0n) is 9.79. The molecule has 0 aromatic heterocycles. The molecule has 0 heterocycles. The fourth-order valence-electron chi connectivity index (χ4n) is 1.46. The molecular weight excluding hydrogens is 186 g/mol. The van der Waals surface area contributed by atoms with Gasteiger partial charge >= 0.3 is 0 Å². The standard InChI is InChI=1S/C13H19NO/c1-4-5-13(15)14(3)10-12-8-6-11(2)7-9-12/h6-9H,4-5,10H2,1-3H3. The lowest BCUT2D eigenvalue weighted by atomic mass is 10.1. The molecule has 0 aliphatic heterocycles. The lowest BCUT2D eigenvalue weighted by molar-refractivity contribution is -0.130. The Labute approximate surface area is 91.9 Å². The number of hydrogen-bond donors (Lipinski definition) is 0. The van der Waals surface area contributed by atoms with E-state index in [0.29, 0.717) is 13.0 Å². The van der Waals surface area contributed by atoms with Gasteiger partial charge in [-0.05, 0) is 18.9 Å². The summed E-state index contributed by atoms with van der Waals surface area (Å²) in [6, 6.07) is 8.30. The topological polar surface area (TPSA) is 20.3 Å². The van der Waals surface area contributed by atoms with Crippen LogP contribution in [0.2, 0.25) is 0 Å². The molecule has 2 nitrogen and oxygen atoms in total. The van der Waals surface area contributed by atoms with Crippen LogP contribution >= 0.6 is 0 Å². The Morgan fingerprint density at radius 1 is 1.27 bits per heavy atom. The average Bonchev–Trinajstić information content (AvgIpc) is 2.22. The maximum Gasteiger partial charge on any atom is 0.222 e. The summed E-state index contributed by atoms with van der Waals surface area (Å²) in [5, 5.41) is 0. The van der Waals surface area contributed by atoms with Crippen LogP contribution in [0, 0.1) is 6.92 Å². The lowest BCUT2D eigenvalue weighted by Gasteiger charge is -2.16. The molecule has 0 saturated carbocycles. The van der Waals surface area contributed by atoms with Crippen LogP contribution in [0.25, 0.3) is 0 Å². The predicted octanol–water partition coefficient (Wildman–Crippen LogP) is 2.75. The molecule has 0 bridgehead atoms. The van der Waals surface area contributed by atoms with Crippen LogP contribution < -0.4 is 0 Å². The minimum Gasteiger partial charge on any atom is -0.341 e. The summed E-state index contributed by atoms with van der Waals surface area (Å²) < 4.78 is 0. The van der Waals surface area contributed by atoms with Crippen LogP contribution in [0.3, 0.4) is 0 Å². The summed E-state index contributed by atoms with van der Waals surface area (Å²) in [7, 11) is 1.86. The highest BCUT2D eigenvalue weighted by Gasteiger charge is 2.07. The molecule has 2 heteroatoms. The molecule has 0 spiro atoms. The third kappa shape index (κ3) is 3.74. The van der Waals surface area contributed by atoms with Crippen molar-refractivity contribution in [2.24, 2.45) is 0 Å². The van der Waals surface area contributed by atoms with Gasteiger partial charge in [-0.3, -0.25) is 4.79 Å². The molecule has 82 valence electrons. The summed E-state index contributed by atoms with van der Waals surface area (Å²) in [5.41, 5.74) is 2.44. The van der Waals surface area contributed by atoms with Crippen LogP contribution in [0.4, 0.5) is 0 Å². The van der Waals surface area contributed by atoms with Gasteiger partial charge in [-0.2, -0.15) is 0 Å². The second-order valence-corrected chi connectivity index (χ2v) is 3.99. The highest BCUT2D eigenvalue weighted by molar-refractivity contribution is 5.75. The highest BCUT2D eigenvalue weighted by atomic mass is 16.2. The minimum atomic E-state index is 0.220. The summed E-state index contributed by atoms with van der Waals surface area (Å²) in [6.07, 6.45) is 1.55. The normalized spacial score (nSPS) is 10.1. The summed E-state index contributed by atoms with van der Waals surface area (Å²) in [5.74, 6) is 0.220. The van der Waals surface area contributed by atoms with E-state index < -0.39 is 0 Å². The molecule has 0 N–H and O–H groups in total. The molecule has 0 atom stereocenters. The van der Waals surface area contributed by atoms with Gasteiger partial charge in [0.25, 0.3) is 0 Å². The lowest BCUT2D eigenvalue weighted by Crippen LogP contribution is -2.25. The molecule has 0 radical (unpaired) electrons. The molecule has 0 aliphatic carbocycles. The maximum absolute atomic E-state index is 11.5. The molecule has 0 saturated heterocycles. The van der Waals surface area contributed by atoms with Gasteiger partial charge in [-0.1, -0.05) is 36.8 Å². The Bertz CT molecular complexity index is 316. The second kappa shape index (κ2) is 5.54. The number of nitrogens with zero attached hydrogens (tertiary/aromatic N) is 1. The van der Waals surface area contributed by atoms with Crippen LogP contribution in [-0.4, -0.2) is 17.9 Å². The zero-order valence-corrected chi connectivity index (χ0v) is 9.79. The number of benzene rings is 1. The van der Waals surface area contributed by atoms with E-state index in [1.165, 1.54) is 11.1 Å². The first-order chi connectivity index (χ1) is 7.13. The van der Waals surface area contributed by atoms with Crippen molar-refractivity contribution >= 4 is 5.91 Å². The van der Waals surface area contributed by atoms with Crippen molar-refractivity contribution in [3.63, 3.8) is 0 Å². The van der Waals surface area contributed by atoms with Crippen LogP contribution in [-0.2, 0) is 11.3 Å². The van der Waals surface area contributed by atoms with Crippen LogP contribution in [0.15, 0.2) is 24.3 Å². The first kappa shape index (κ1) is 11.8. The Hall–Kier alpha value is -1.31. The third-order valence-corrected chi connectivity index (χ3v) is 2.43. The van der Waals surface area contributed by atoms with Crippen molar-refractivity contribution in [3.8, 4) is 0 Å². The first-order valence-electron chi connectivity index (χ1n) is 5.43. The van der Waals surface area contributed by atoms with Gasteiger partial charge in [0.05, 0.1) is 0 Å². The average molecular weight is 205 g/mol. The summed E-state index contributed by atoms with van der Waals surface area (Å²) >= 11 is 0. The molecule has 1 aromatic rings. The third-order valence-electron chi connectivity index (χ3n) is 2.43. The van der Waals surface area contributed by atoms with Crippen LogP contribution in [0.5, 0.6) is 0 Å². The minimum absolute atomic E-state index is 0.220. The summed E-state index contributed by atoms with van der Waals surface area (Å²) in [6.45, 7) is 4.80. The largest absolute Gasteiger partial charge is 0.341 e. The monoisotopic (exact) mass is 205 g/mol. The van der Waals surface area contributed by atoms with Gasteiger partial charge in [0, 0.05) is 20.0 Å². The first-order valence-corrected chi connectivity index (χ1v) is 5.43. The predicted molar refractivity (Wildman–Crippen MR) is 62.6 cm³/mol. The fraction of sp³-hybridized carbons (Fsp3) is 0.462. The zero-order chi connectivity index (χ0) is 11.3. The van der Waals surface area contributed by atoms with Crippen molar-refractivity contribution in [3.05, 3.63) is 35.4 Å². The second-order valence-electron chi connectivity index (χ2n) is 3.99. The number of carbonyl (C=O) groups excluding carboxylic acids is 1. The van der Waals surface area contributed by atoms with Gasteiger partial charge in [0.1, 0.15) is 0 Å². The van der Waals surface area contributed by atoms with Gasteiger partial charge in [0.15, 0.2) is 0 Å². The number of amides is 1. The quantitative estimate of drug-likeness (QED) is 0.740. The van der Waals surface area contributed by atoms with E-state index in [-0.39, 0.29) is 5.91 Å².